The monoisotopic (exact) mass is 316 g/mol. The molecule has 1 aromatic carbocycles. The molecule has 0 aromatic heterocycles. The van der Waals surface area contributed by atoms with Crippen molar-refractivity contribution in [2.75, 3.05) is 13.2 Å². The molecule has 2 aliphatic carbocycles. The molecule has 2 bridgehead atoms. The lowest BCUT2D eigenvalue weighted by molar-refractivity contribution is -0.128. The molecule has 4 nitrogen and oxygen atoms in total. The molecule has 1 amide bonds. The minimum atomic E-state index is 0.152. The fraction of sp³-hybridized carbons (Fsp3) is 0.632. The van der Waals surface area contributed by atoms with E-state index in [1.807, 2.05) is 30.3 Å². The van der Waals surface area contributed by atoms with E-state index in [1.54, 1.807) is 0 Å². The number of carbonyl (C=O) groups excluding carboxylic acids is 1. The lowest BCUT2D eigenvalue weighted by Gasteiger charge is -2.43. The van der Waals surface area contributed by atoms with E-state index >= 15 is 0 Å². The van der Waals surface area contributed by atoms with Gasteiger partial charge in [-0.1, -0.05) is 36.8 Å². The molecule has 0 heterocycles. The van der Waals surface area contributed by atoms with E-state index in [9.17, 15) is 4.79 Å². The molecule has 1 aromatic rings. The van der Waals surface area contributed by atoms with Crippen LogP contribution in [0.2, 0.25) is 0 Å². The highest BCUT2D eigenvalue weighted by Gasteiger charge is 2.40. The van der Waals surface area contributed by atoms with Crippen molar-refractivity contribution >= 4 is 5.91 Å². The third kappa shape index (κ3) is 4.33. The largest absolute Gasteiger partial charge is 0.375 e. The van der Waals surface area contributed by atoms with Crippen molar-refractivity contribution in [3.05, 3.63) is 35.9 Å². The van der Waals surface area contributed by atoms with Crippen LogP contribution in [0.5, 0.6) is 0 Å². The standard InChI is InChI=1S/C19H28N2O2/c20-18-15-7-4-8-16(18)12-17(11-15)19(22)21-9-10-23-13-14-5-2-1-3-6-14/h1-3,5-6,15-18H,4,7-13,20H2,(H,21,22). The first kappa shape index (κ1) is 16.5. The molecule has 2 saturated carbocycles. The van der Waals surface area contributed by atoms with Gasteiger partial charge in [0.2, 0.25) is 5.91 Å². The summed E-state index contributed by atoms with van der Waals surface area (Å²) in [5.74, 6) is 1.44. The first-order valence-electron chi connectivity index (χ1n) is 8.89. The van der Waals surface area contributed by atoms with Crippen molar-refractivity contribution in [2.24, 2.45) is 23.5 Å². The van der Waals surface area contributed by atoms with Crippen LogP contribution in [-0.4, -0.2) is 25.1 Å². The minimum absolute atomic E-state index is 0.152. The summed E-state index contributed by atoms with van der Waals surface area (Å²) in [6.45, 7) is 1.74. The average Bonchev–Trinajstić information content (AvgIpc) is 2.55. The third-order valence-electron chi connectivity index (χ3n) is 5.44. The predicted octanol–water partition coefficient (Wildman–Crippen LogP) is 2.47. The Morgan fingerprint density at radius 3 is 2.57 bits per heavy atom. The van der Waals surface area contributed by atoms with Crippen molar-refractivity contribution < 1.29 is 9.53 Å². The summed E-state index contributed by atoms with van der Waals surface area (Å²) in [5, 5.41) is 3.04. The lowest BCUT2D eigenvalue weighted by Crippen LogP contribution is -2.49. The van der Waals surface area contributed by atoms with E-state index in [0.29, 0.717) is 37.6 Å². The molecule has 0 spiro atoms. The zero-order chi connectivity index (χ0) is 16.1. The van der Waals surface area contributed by atoms with E-state index < -0.39 is 0 Å². The highest BCUT2D eigenvalue weighted by atomic mass is 16.5. The van der Waals surface area contributed by atoms with Crippen LogP contribution in [0.4, 0.5) is 0 Å². The molecule has 23 heavy (non-hydrogen) atoms. The fourth-order valence-electron chi connectivity index (χ4n) is 4.16. The number of rotatable bonds is 6. The Labute approximate surface area is 138 Å². The number of benzene rings is 1. The summed E-state index contributed by atoms with van der Waals surface area (Å²) in [4.78, 5) is 12.4. The molecule has 126 valence electrons. The number of fused-ring (bicyclic) bond motifs is 2. The molecule has 2 fully saturated rings. The first-order valence-corrected chi connectivity index (χ1v) is 8.89. The maximum Gasteiger partial charge on any atom is 0.223 e. The van der Waals surface area contributed by atoms with E-state index in [4.69, 9.17) is 10.5 Å². The Hall–Kier alpha value is -1.39. The molecule has 4 heteroatoms. The number of ether oxygens (including phenoxy) is 1. The van der Waals surface area contributed by atoms with Gasteiger partial charge in [-0.3, -0.25) is 4.79 Å². The molecule has 0 aliphatic heterocycles. The number of hydrogen-bond acceptors (Lipinski definition) is 3. The number of nitrogens with one attached hydrogen (secondary N) is 1. The van der Waals surface area contributed by atoms with Crippen molar-refractivity contribution in [1.82, 2.24) is 5.32 Å². The Morgan fingerprint density at radius 1 is 1.17 bits per heavy atom. The number of nitrogens with two attached hydrogens (primary N) is 1. The van der Waals surface area contributed by atoms with E-state index in [1.165, 1.54) is 19.3 Å². The van der Waals surface area contributed by atoms with Gasteiger partial charge in [0, 0.05) is 18.5 Å². The zero-order valence-electron chi connectivity index (χ0n) is 13.7. The maximum atomic E-state index is 12.4. The van der Waals surface area contributed by atoms with Crippen LogP contribution in [0.1, 0.15) is 37.7 Å². The second-order valence-corrected chi connectivity index (χ2v) is 7.03. The molecule has 0 saturated heterocycles. The van der Waals surface area contributed by atoms with E-state index in [2.05, 4.69) is 5.32 Å². The summed E-state index contributed by atoms with van der Waals surface area (Å²) < 4.78 is 5.61. The SMILES string of the molecule is NC1C2CCCC1CC(C(=O)NCCOCc1ccccc1)C2. The molecule has 2 unspecified atom stereocenters. The Morgan fingerprint density at radius 2 is 1.87 bits per heavy atom. The maximum absolute atomic E-state index is 12.4. The van der Waals surface area contributed by atoms with E-state index in [0.717, 1.165) is 18.4 Å². The van der Waals surface area contributed by atoms with Crippen LogP contribution in [0, 0.1) is 17.8 Å². The second kappa shape index (κ2) is 7.93. The molecule has 3 rings (SSSR count). The summed E-state index contributed by atoms with van der Waals surface area (Å²) >= 11 is 0. The average molecular weight is 316 g/mol. The molecular formula is C19H28N2O2. The van der Waals surface area contributed by atoms with Crippen LogP contribution >= 0.6 is 0 Å². The number of amides is 1. The van der Waals surface area contributed by atoms with Crippen LogP contribution in [0.3, 0.4) is 0 Å². The number of hydrogen-bond donors (Lipinski definition) is 2. The Balaban J connectivity index is 1.35. The fourth-order valence-corrected chi connectivity index (χ4v) is 4.16. The van der Waals surface area contributed by atoms with E-state index in [-0.39, 0.29) is 11.8 Å². The third-order valence-corrected chi connectivity index (χ3v) is 5.44. The van der Waals surface area contributed by atoms with Crippen molar-refractivity contribution in [3.8, 4) is 0 Å². The van der Waals surface area contributed by atoms with Crippen molar-refractivity contribution in [3.63, 3.8) is 0 Å². The van der Waals surface area contributed by atoms with Gasteiger partial charge in [-0.05, 0) is 43.1 Å². The Bertz CT molecular complexity index is 491. The van der Waals surface area contributed by atoms with Crippen molar-refractivity contribution in [1.29, 1.82) is 0 Å². The zero-order valence-corrected chi connectivity index (χ0v) is 13.7. The topological polar surface area (TPSA) is 64.4 Å². The van der Waals surface area contributed by atoms with Crippen LogP contribution in [0.15, 0.2) is 30.3 Å². The summed E-state index contributed by atoms with van der Waals surface area (Å²) in [7, 11) is 0. The first-order chi connectivity index (χ1) is 11.2. The molecule has 2 atom stereocenters. The highest BCUT2D eigenvalue weighted by molar-refractivity contribution is 5.78. The van der Waals surface area contributed by atoms with Gasteiger partial charge in [0.15, 0.2) is 0 Å². The van der Waals surface area contributed by atoms with Crippen LogP contribution in [-0.2, 0) is 16.1 Å². The summed E-state index contributed by atoms with van der Waals surface area (Å²) in [5.41, 5.74) is 7.45. The normalized spacial score (nSPS) is 30.0. The second-order valence-electron chi connectivity index (χ2n) is 7.03. The molecular weight excluding hydrogens is 288 g/mol. The van der Waals surface area contributed by atoms with Gasteiger partial charge in [0.1, 0.15) is 0 Å². The molecule has 3 N–H and O–H groups in total. The molecule has 2 aliphatic rings. The predicted molar refractivity (Wildman–Crippen MR) is 90.6 cm³/mol. The van der Waals surface area contributed by atoms with Crippen molar-refractivity contribution in [2.45, 2.75) is 44.8 Å². The van der Waals surface area contributed by atoms with Gasteiger partial charge in [-0.2, -0.15) is 0 Å². The Kier molecular flexibility index (Phi) is 5.68. The quantitative estimate of drug-likeness (QED) is 0.793. The van der Waals surface area contributed by atoms with Gasteiger partial charge in [0.25, 0.3) is 0 Å². The molecule has 0 radical (unpaired) electrons. The van der Waals surface area contributed by atoms with Crippen LogP contribution < -0.4 is 11.1 Å². The summed E-state index contributed by atoms with van der Waals surface area (Å²) in [6, 6.07) is 10.4. The van der Waals surface area contributed by atoms with Gasteiger partial charge >= 0.3 is 0 Å². The summed E-state index contributed by atoms with van der Waals surface area (Å²) in [6.07, 6.45) is 5.61. The van der Waals surface area contributed by atoms with Gasteiger partial charge < -0.3 is 15.8 Å². The van der Waals surface area contributed by atoms with Gasteiger partial charge in [-0.25, -0.2) is 0 Å². The van der Waals surface area contributed by atoms with Gasteiger partial charge in [0.05, 0.1) is 13.2 Å². The van der Waals surface area contributed by atoms with Crippen LogP contribution in [0.25, 0.3) is 0 Å². The minimum Gasteiger partial charge on any atom is -0.375 e. The highest BCUT2D eigenvalue weighted by Crippen LogP contribution is 2.41. The lowest BCUT2D eigenvalue weighted by atomic mass is 9.65. The number of carbonyl (C=O) groups is 1. The smallest absolute Gasteiger partial charge is 0.223 e. The van der Waals surface area contributed by atoms with Gasteiger partial charge in [-0.15, -0.1) is 0 Å².